The molecule has 1 aromatic carbocycles. The van der Waals surface area contributed by atoms with E-state index in [4.69, 9.17) is 5.73 Å². The first kappa shape index (κ1) is 12.8. The molecule has 0 radical (unpaired) electrons. The molecule has 4 nitrogen and oxygen atoms in total. The van der Waals surface area contributed by atoms with Crippen molar-refractivity contribution in [2.24, 2.45) is 5.73 Å². The van der Waals surface area contributed by atoms with Crippen LogP contribution in [0.3, 0.4) is 0 Å². The van der Waals surface area contributed by atoms with Crippen LogP contribution in [-0.2, 0) is 0 Å². The summed E-state index contributed by atoms with van der Waals surface area (Å²) in [7, 11) is 0. The number of anilines is 1. The van der Waals surface area contributed by atoms with E-state index in [0.717, 1.165) is 41.9 Å². The summed E-state index contributed by atoms with van der Waals surface area (Å²) in [6.45, 7) is 4.86. The lowest BCUT2D eigenvalue weighted by molar-refractivity contribution is 0.660. The van der Waals surface area contributed by atoms with Crippen LogP contribution in [0.4, 0.5) is 5.82 Å². The number of nitrogens with one attached hydrogen (secondary N) is 1. The summed E-state index contributed by atoms with van der Waals surface area (Å²) in [5.41, 5.74) is 8.32. The van der Waals surface area contributed by atoms with Crippen LogP contribution in [0.1, 0.15) is 25.5 Å². The number of nitrogens with two attached hydrogens (primary N) is 1. The van der Waals surface area contributed by atoms with E-state index in [9.17, 15) is 0 Å². The number of nitrogens with zero attached hydrogens (tertiary/aromatic N) is 2. The fourth-order valence-corrected chi connectivity index (χ4v) is 1.95. The minimum absolute atomic E-state index is 0.364. The molecule has 0 fully saturated rings. The van der Waals surface area contributed by atoms with Crippen molar-refractivity contribution in [1.29, 1.82) is 0 Å². The molecule has 0 aliphatic rings. The lowest BCUT2D eigenvalue weighted by Crippen LogP contribution is -2.18. The number of hydrogen-bond acceptors (Lipinski definition) is 4. The van der Waals surface area contributed by atoms with Gasteiger partial charge in [-0.05, 0) is 45.4 Å². The van der Waals surface area contributed by atoms with Crippen LogP contribution >= 0.6 is 0 Å². The van der Waals surface area contributed by atoms with Gasteiger partial charge in [0, 0.05) is 6.04 Å². The maximum Gasteiger partial charge on any atom is 0.148 e. The minimum atomic E-state index is 0.364. The lowest BCUT2D eigenvalue weighted by atomic mass is 10.2. The van der Waals surface area contributed by atoms with Gasteiger partial charge in [0.15, 0.2) is 0 Å². The Morgan fingerprint density at radius 2 is 1.89 bits per heavy atom. The average molecular weight is 244 g/mol. The summed E-state index contributed by atoms with van der Waals surface area (Å²) in [5.74, 6) is 0.873. The Hall–Kier alpha value is -1.68. The van der Waals surface area contributed by atoms with Crippen molar-refractivity contribution in [1.82, 2.24) is 9.97 Å². The molecule has 2 rings (SSSR count). The molecule has 0 saturated heterocycles. The summed E-state index contributed by atoms with van der Waals surface area (Å²) >= 11 is 0. The molecule has 0 aliphatic heterocycles. The number of para-hydroxylation sites is 2. The number of benzene rings is 1. The number of hydrogen-bond donors (Lipinski definition) is 2. The van der Waals surface area contributed by atoms with Crippen LogP contribution < -0.4 is 11.1 Å². The summed E-state index contributed by atoms with van der Waals surface area (Å²) < 4.78 is 0. The topological polar surface area (TPSA) is 63.8 Å². The van der Waals surface area contributed by atoms with E-state index < -0.39 is 0 Å². The van der Waals surface area contributed by atoms with E-state index in [2.05, 4.69) is 22.2 Å². The lowest BCUT2D eigenvalue weighted by Gasteiger charge is -2.15. The Kier molecular flexibility index (Phi) is 4.10. The molecular weight excluding hydrogens is 224 g/mol. The summed E-state index contributed by atoms with van der Waals surface area (Å²) in [4.78, 5) is 9.18. The van der Waals surface area contributed by atoms with Gasteiger partial charge >= 0.3 is 0 Å². The van der Waals surface area contributed by atoms with E-state index >= 15 is 0 Å². The molecule has 3 N–H and O–H groups in total. The summed E-state index contributed by atoms with van der Waals surface area (Å²) in [5, 5.41) is 3.41. The van der Waals surface area contributed by atoms with E-state index in [-0.39, 0.29) is 0 Å². The largest absolute Gasteiger partial charge is 0.366 e. The van der Waals surface area contributed by atoms with Crippen molar-refractivity contribution >= 4 is 16.9 Å². The van der Waals surface area contributed by atoms with Gasteiger partial charge in [-0.15, -0.1) is 0 Å². The third kappa shape index (κ3) is 2.96. The smallest absolute Gasteiger partial charge is 0.148 e. The average Bonchev–Trinajstić information content (AvgIpc) is 2.37. The zero-order chi connectivity index (χ0) is 13.0. The highest BCUT2D eigenvalue weighted by Gasteiger charge is 2.07. The van der Waals surface area contributed by atoms with Gasteiger partial charge in [-0.3, -0.25) is 0 Å². The van der Waals surface area contributed by atoms with Crippen molar-refractivity contribution in [2.75, 3.05) is 11.9 Å². The van der Waals surface area contributed by atoms with Crippen LogP contribution in [0.5, 0.6) is 0 Å². The molecule has 1 aromatic heterocycles. The standard InChI is InChI=1S/C14H20N4/c1-10(6-5-9-15)16-14-11(2)17-12-7-3-4-8-13(12)18-14/h3-4,7-8,10H,5-6,9,15H2,1-2H3,(H,16,18). The van der Waals surface area contributed by atoms with Crippen molar-refractivity contribution in [2.45, 2.75) is 32.7 Å². The molecule has 4 heteroatoms. The van der Waals surface area contributed by atoms with Crippen LogP contribution in [0.15, 0.2) is 24.3 Å². The van der Waals surface area contributed by atoms with Crippen LogP contribution in [0.25, 0.3) is 11.0 Å². The highest BCUT2D eigenvalue weighted by Crippen LogP contribution is 2.17. The third-order valence-corrected chi connectivity index (χ3v) is 2.97. The molecular formula is C14H20N4. The highest BCUT2D eigenvalue weighted by atomic mass is 15.0. The zero-order valence-electron chi connectivity index (χ0n) is 11.0. The minimum Gasteiger partial charge on any atom is -0.366 e. The van der Waals surface area contributed by atoms with Gasteiger partial charge in [0.1, 0.15) is 5.82 Å². The predicted molar refractivity (Wildman–Crippen MR) is 75.6 cm³/mol. The van der Waals surface area contributed by atoms with Gasteiger partial charge in [-0.2, -0.15) is 0 Å². The van der Waals surface area contributed by atoms with Crippen LogP contribution in [0.2, 0.25) is 0 Å². The summed E-state index contributed by atoms with van der Waals surface area (Å²) in [6, 6.07) is 8.29. The van der Waals surface area contributed by atoms with E-state index in [0.29, 0.717) is 6.04 Å². The number of rotatable bonds is 5. The molecule has 0 amide bonds. The quantitative estimate of drug-likeness (QED) is 0.848. The molecule has 0 saturated carbocycles. The maximum atomic E-state index is 5.52. The molecule has 18 heavy (non-hydrogen) atoms. The third-order valence-electron chi connectivity index (χ3n) is 2.97. The van der Waals surface area contributed by atoms with Crippen LogP contribution in [-0.4, -0.2) is 22.6 Å². The van der Waals surface area contributed by atoms with Crippen molar-refractivity contribution in [3.05, 3.63) is 30.0 Å². The van der Waals surface area contributed by atoms with Gasteiger partial charge in [0.05, 0.1) is 16.7 Å². The molecule has 0 bridgehead atoms. The molecule has 0 aliphatic carbocycles. The van der Waals surface area contributed by atoms with Gasteiger partial charge < -0.3 is 11.1 Å². The van der Waals surface area contributed by atoms with Crippen molar-refractivity contribution in [3.63, 3.8) is 0 Å². The first-order chi connectivity index (χ1) is 8.70. The van der Waals surface area contributed by atoms with Gasteiger partial charge in [0.2, 0.25) is 0 Å². The van der Waals surface area contributed by atoms with Gasteiger partial charge in [0.25, 0.3) is 0 Å². The molecule has 0 spiro atoms. The Labute approximate surface area is 108 Å². The second-order valence-corrected chi connectivity index (χ2v) is 4.62. The molecule has 1 heterocycles. The van der Waals surface area contributed by atoms with Gasteiger partial charge in [-0.1, -0.05) is 12.1 Å². The van der Waals surface area contributed by atoms with E-state index in [1.807, 2.05) is 31.2 Å². The normalized spacial score (nSPS) is 12.6. The first-order valence-electron chi connectivity index (χ1n) is 6.40. The Bertz CT molecular complexity index is 524. The number of fused-ring (bicyclic) bond motifs is 1. The Morgan fingerprint density at radius 1 is 1.22 bits per heavy atom. The number of aryl methyl sites for hydroxylation is 1. The van der Waals surface area contributed by atoms with E-state index in [1.54, 1.807) is 0 Å². The number of aromatic nitrogens is 2. The fraction of sp³-hybridized carbons (Fsp3) is 0.429. The maximum absolute atomic E-state index is 5.52. The first-order valence-corrected chi connectivity index (χ1v) is 6.40. The second-order valence-electron chi connectivity index (χ2n) is 4.62. The fourth-order valence-electron chi connectivity index (χ4n) is 1.95. The van der Waals surface area contributed by atoms with Crippen LogP contribution in [0, 0.1) is 6.92 Å². The summed E-state index contributed by atoms with van der Waals surface area (Å²) in [6.07, 6.45) is 2.07. The predicted octanol–water partition coefficient (Wildman–Crippen LogP) is 2.48. The molecule has 96 valence electrons. The van der Waals surface area contributed by atoms with Crippen molar-refractivity contribution in [3.8, 4) is 0 Å². The monoisotopic (exact) mass is 244 g/mol. The van der Waals surface area contributed by atoms with Gasteiger partial charge in [-0.25, -0.2) is 9.97 Å². The molecule has 2 aromatic rings. The van der Waals surface area contributed by atoms with Crippen molar-refractivity contribution < 1.29 is 0 Å². The van der Waals surface area contributed by atoms with E-state index in [1.165, 1.54) is 0 Å². The second kappa shape index (κ2) is 5.78. The Balaban J connectivity index is 2.19. The Morgan fingerprint density at radius 3 is 2.56 bits per heavy atom. The SMILES string of the molecule is Cc1nc2ccccc2nc1NC(C)CCCN. The molecule has 1 atom stereocenters. The zero-order valence-corrected chi connectivity index (χ0v) is 11.0. The highest BCUT2D eigenvalue weighted by molar-refractivity contribution is 5.76. The molecule has 1 unspecified atom stereocenters.